The van der Waals surface area contributed by atoms with E-state index in [4.69, 9.17) is 0 Å². The molecule has 20 heavy (non-hydrogen) atoms. The number of hydrogen-bond acceptors (Lipinski definition) is 5. The Balaban J connectivity index is 1.93. The minimum atomic E-state index is 0.867. The first kappa shape index (κ1) is 13.6. The van der Waals surface area contributed by atoms with E-state index in [2.05, 4.69) is 41.3 Å². The van der Waals surface area contributed by atoms with Crippen molar-refractivity contribution in [3.63, 3.8) is 0 Å². The summed E-state index contributed by atoms with van der Waals surface area (Å²) in [5, 5.41) is 14.1. The van der Waals surface area contributed by atoms with Gasteiger partial charge in [-0.25, -0.2) is 0 Å². The Kier molecular flexibility index (Phi) is 4.03. The van der Waals surface area contributed by atoms with Crippen molar-refractivity contribution in [3.05, 3.63) is 35.7 Å². The van der Waals surface area contributed by atoms with Crippen LogP contribution in [-0.4, -0.2) is 25.6 Å². The zero-order valence-electron chi connectivity index (χ0n) is 11.5. The predicted molar refractivity (Wildman–Crippen MR) is 85.3 cm³/mol. The second kappa shape index (κ2) is 5.93. The molecule has 6 heteroatoms. The van der Waals surface area contributed by atoms with Crippen LogP contribution in [0.1, 0.15) is 24.7 Å². The molecule has 0 aliphatic heterocycles. The molecule has 0 bridgehead atoms. The maximum absolute atomic E-state index is 4.68. The fourth-order valence-corrected chi connectivity index (χ4v) is 3.72. The van der Waals surface area contributed by atoms with Crippen molar-refractivity contribution in [1.29, 1.82) is 0 Å². The van der Waals surface area contributed by atoms with E-state index in [0.717, 1.165) is 27.3 Å². The summed E-state index contributed by atoms with van der Waals surface area (Å²) in [5.41, 5.74) is 2.41. The highest BCUT2D eigenvalue weighted by Gasteiger charge is 2.13. The van der Waals surface area contributed by atoms with E-state index < -0.39 is 0 Å². The smallest absolute Gasteiger partial charge is 0.186 e. The SMILES string of the molecule is CCCSCc1nnc2sc(-c3ccccc3C)nn12. The zero-order valence-corrected chi connectivity index (χ0v) is 13.2. The molecule has 3 aromatic rings. The number of rotatable bonds is 5. The average Bonchev–Trinajstić information content (AvgIpc) is 3.01. The van der Waals surface area contributed by atoms with Crippen molar-refractivity contribution in [1.82, 2.24) is 19.8 Å². The highest BCUT2D eigenvalue weighted by atomic mass is 32.2. The molecule has 0 amide bonds. The summed E-state index contributed by atoms with van der Waals surface area (Å²) in [6.07, 6.45) is 1.18. The van der Waals surface area contributed by atoms with E-state index in [1.165, 1.54) is 17.5 Å². The average molecular weight is 304 g/mol. The molecule has 0 unspecified atom stereocenters. The third-order valence-corrected chi connectivity index (χ3v) is 5.10. The molecule has 0 N–H and O–H groups in total. The quantitative estimate of drug-likeness (QED) is 0.672. The van der Waals surface area contributed by atoms with Gasteiger partial charge >= 0.3 is 0 Å². The number of thioether (sulfide) groups is 1. The van der Waals surface area contributed by atoms with Gasteiger partial charge < -0.3 is 0 Å². The van der Waals surface area contributed by atoms with Gasteiger partial charge in [-0.05, 0) is 24.7 Å². The molecule has 0 aliphatic carbocycles. The van der Waals surface area contributed by atoms with Crippen LogP contribution in [0, 0.1) is 6.92 Å². The van der Waals surface area contributed by atoms with E-state index in [0.29, 0.717) is 0 Å². The number of nitrogens with zero attached hydrogens (tertiary/aromatic N) is 4. The highest BCUT2D eigenvalue weighted by molar-refractivity contribution is 7.98. The first-order valence-electron chi connectivity index (χ1n) is 6.64. The molecule has 1 aromatic carbocycles. The fraction of sp³-hybridized carbons (Fsp3) is 0.357. The topological polar surface area (TPSA) is 43.1 Å². The van der Waals surface area contributed by atoms with E-state index in [1.54, 1.807) is 11.3 Å². The Bertz CT molecular complexity index is 717. The van der Waals surface area contributed by atoms with Crippen molar-refractivity contribution < 1.29 is 0 Å². The Morgan fingerprint density at radius 3 is 2.90 bits per heavy atom. The molecule has 0 spiro atoms. The standard InChI is InChI=1S/C14H16N4S2/c1-3-8-19-9-12-15-16-14-18(12)17-13(20-14)11-7-5-4-6-10(11)2/h4-7H,3,8-9H2,1-2H3. The zero-order chi connectivity index (χ0) is 13.9. The molecular weight excluding hydrogens is 288 g/mol. The van der Waals surface area contributed by atoms with Gasteiger partial charge in [-0.1, -0.05) is 42.5 Å². The molecule has 0 aliphatic rings. The number of fused-ring (bicyclic) bond motifs is 1. The van der Waals surface area contributed by atoms with Gasteiger partial charge in [-0.2, -0.15) is 21.4 Å². The minimum absolute atomic E-state index is 0.867. The molecule has 0 radical (unpaired) electrons. The van der Waals surface area contributed by atoms with Crippen LogP contribution >= 0.6 is 23.1 Å². The van der Waals surface area contributed by atoms with E-state index >= 15 is 0 Å². The van der Waals surface area contributed by atoms with Gasteiger partial charge in [0.15, 0.2) is 5.82 Å². The fourth-order valence-electron chi connectivity index (χ4n) is 1.98. The lowest BCUT2D eigenvalue weighted by Gasteiger charge is -1.99. The van der Waals surface area contributed by atoms with Gasteiger partial charge in [0.25, 0.3) is 0 Å². The van der Waals surface area contributed by atoms with E-state index in [1.807, 2.05) is 28.4 Å². The van der Waals surface area contributed by atoms with Crippen molar-refractivity contribution in [2.45, 2.75) is 26.0 Å². The summed E-state index contributed by atoms with van der Waals surface area (Å²) in [7, 11) is 0. The molecule has 2 aromatic heterocycles. The van der Waals surface area contributed by atoms with Gasteiger partial charge in [0.05, 0.1) is 5.75 Å². The van der Waals surface area contributed by atoms with Crippen LogP contribution in [0.15, 0.2) is 24.3 Å². The monoisotopic (exact) mass is 304 g/mol. The van der Waals surface area contributed by atoms with Crippen molar-refractivity contribution in [2.75, 3.05) is 5.75 Å². The van der Waals surface area contributed by atoms with Crippen LogP contribution in [0.4, 0.5) is 0 Å². The maximum atomic E-state index is 4.68. The van der Waals surface area contributed by atoms with Crippen LogP contribution in [0.5, 0.6) is 0 Å². The normalized spacial score (nSPS) is 11.3. The molecule has 0 atom stereocenters. The lowest BCUT2D eigenvalue weighted by molar-refractivity contribution is 0.886. The van der Waals surface area contributed by atoms with Crippen LogP contribution in [0.2, 0.25) is 0 Å². The Morgan fingerprint density at radius 1 is 1.25 bits per heavy atom. The molecule has 0 saturated heterocycles. The summed E-state index contributed by atoms with van der Waals surface area (Å²) in [4.78, 5) is 0.871. The molecule has 3 rings (SSSR count). The van der Waals surface area contributed by atoms with Crippen LogP contribution in [0.25, 0.3) is 15.5 Å². The van der Waals surface area contributed by atoms with Gasteiger partial charge in [-0.3, -0.25) is 0 Å². The Morgan fingerprint density at radius 2 is 2.10 bits per heavy atom. The largest absolute Gasteiger partial charge is 0.235 e. The van der Waals surface area contributed by atoms with Gasteiger partial charge in [-0.15, -0.1) is 10.2 Å². The van der Waals surface area contributed by atoms with Gasteiger partial charge in [0.1, 0.15) is 5.01 Å². The van der Waals surface area contributed by atoms with E-state index in [-0.39, 0.29) is 0 Å². The van der Waals surface area contributed by atoms with Gasteiger partial charge in [0, 0.05) is 5.56 Å². The molecule has 0 saturated carbocycles. The summed E-state index contributed by atoms with van der Waals surface area (Å²) in [5.74, 6) is 2.95. The van der Waals surface area contributed by atoms with Crippen LogP contribution in [-0.2, 0) is 5.75 Å². The first-order valence-corrected chi connectivity index (χ1v) is 8.61. The second-order valence-electron chi connectivity index (χ2n) is 4.59. The second-order valence-corrected chi connectivity index (χ2v) is 6.65. The highest BCUT2D eigenvalue weighted by Crippen LogP contribution is 2.28. The summed E-state index contributed by atoms with van der Waals surface area (Å²) in [6.45, 7) is 4.29. The summed E-state index contributed by atoms with van der Waals surface area (Å²) in [6, 6.07) is 8.30. The molecule has 2 heterocycles. The number of hydrogen-bond donors (Lipinski definition) is 0. The van der Waals surface area contributed by atoms with Crippen LogP contribution < -0.4 is 0 Å². The van der Waals surface area contributed by atoms with Gasteiger partial charge in [0.2, 0.25) is 4.96 Å². The molecule has 104 valence electrons. The van der Waals surface area contributed by atoms with Crippen molar-refractivity contribution in [3.8, 4) is 10.6 Å². The minimum Gasteiger partial charge on any atom is -0.186 e. The molecule has 4 nitrogen and oxygen atoms in total. The van der Waals surface area contributed by atoms with Crippen molar-refractivity contribution in [2.24, 2.45) is 0 Å². The summed E-state index contributed by atoms with van der Waals surface area (Å²) < 4.78 is 1.88. The Hall–Kier alpha value is -1.40. The molecular formula is C14H16N4S2. The lowest BCUT2D eigenvalue weighted by Crippen LogP contribution is -1.95. The number of benzene rings is 1. The van der Waals surface area contributed by atoms with Crippen molar-refractivity contribution >= 4 is 28.1 Å². The Labute approximate surface area is 126 Å². The summed E-state index contributed by atoms with van der Waals surface area (Å²) >= 11 is 3.47. The van der Waals surface area contributed by atoms with Crippen LogP contribution in [0.3, 0.4) is 0 Å². The number of aromatic nitrogens is 4. The lowest BCUT2D eigenvalue weighted by atomic mass is 10.1. The third kappa shape index (κ3) is 2.58. The maximum Gasteiger partial charge on any atom is 0.235 e. The predicted octanol–water partition coefficient (Wildman–Crippen LogP) is 3.80. The third-order valence-electron chi connectivity index (χ3n) is 3.01. The van der Waals surface area contributed by atoms with E-state index in [9.17, 15) is 0 Å². The molecule has 0 fully saturated rings. The number of aryl methyl sites for hydroxylation is 1. The first-order chi connectivity index (χ1) is 9.79.